The number of benzene rings is 1. The van der Waals surface area contributed by atoms with Crippen molar-refractivity contribution in [3.63, 3.8) is 0 Å². The molecule has 1 rings (SSSR count). The van der Waals surface area contributed by atoms with E-state index in [1.54, 1.807) is 0 Å². The molecule has 1 aromatic carbocycles. The van der Waals surface area contributed by atoms with E-state index < -0.39 is 0 Å². The van der Waals surface area contributed by atoms with Crippen LogP contribution >= 0.6 is 11.6 Å². The van der Waals surface area contributed by atoms with Crippen LogP contribution in [0.15, 0.2) is 24.3 Å². The maximum atomic E-state index is 9.81. The molecule has 1 nitrogen and oxygen atoms in total. The maximum Gasteiger partial charge on any atom is 0.0606 e. The number of rotatable bonds is 4. The van der Waals surface area contributed by atoms with E-state index >= 15 is 0 Å². The summed E-state index contributed by atoms with van der Waals surface area (Å²) in [6.07, 6.45) is 1.50. The predicted molar refractivity (Wildman–Crippen MR) is 60.8 cm³/mol. The Morgan fingerprint density at radius 2 is 1.71 bits per heavy atom. The third-order valence-corrected chi connectivity index (χ3v) is 2.87. The first-order chi connectivity index (χ1) is 6.69. The normalized spacial score (nSPS) is 15.1. The molecule has 14 heavy (non-hydrogen) atoms. The summed E-state index contributed by atoms with van der Waals surface area (Å²) < 4.78 is 0. The monoisotopic (exact) mass is 212 g/mol. The van der Waals surface area contributed by atoms with Crippen molar-refractivity contribution in [2.24, 2.45) is 0 Å². The quantitative estimate of drug-likeness (QED) is 0.809. The third-order valence-electron chi connectivity index (χ3n) is 2.62. The standard InChI is InChI=1S/C12H17ClO/c1-3-11(12(14)4-2)9-5-7-10(13)8-6-9/h5-8,11-12,14H,3-4H2,1-2H3. The second kappa shape index (κ2) is 5.38. The Hall–Kier alpha value is -0.530. The van der Waals surface area contributed by atoms with Crippen molar-refractivity contribution in [3.05, 3.63) is 34.9 Å². The summed E-state index contributed by atoms with van der Waals surface area (Å²) in [6, 6.07) is 7.74. The van der Waals surface area contributed by atoms with E-state index in [2.05, 4.69) is 6.92 Å². The molecule has 0 aliphatic carbocycles. The molecule has 0 radical (unpaired) electrons. The Bertz CT molecular complexity index is 268. The first kappa shape index (κ1) is 11.5. The summed E-state index contributed by atoms with van der Waals surface area (Å²) in [4.78, 5) is 0. The Morgan fingerprint density at radius 1 is 1.14 bits per heavy atom. The van der Waals surface area contributed by atoms with Gasteiger partial charge in [0.1, 0.15) is 0 Å². The van der Waals surface area contributed by atoms with Crippen LogP contribution in [0.5, 0.6) is 0 Å². The van der Waals surface area contributed by atoms with Crippen LogP contribution in [0.3, 0.4) is 0 Å². The van der Waals surface area contributed by atoms with Crippen molar-refractivity contribution in [1.82, 2.24) is 0 Å². The van der Waals surface area contributed by atoms with E-state index in [9.17, 15) is 5.11 Å². The Morgan fingerprint density at radius 3 is 2.14 bits per heavy atom. The zero-order valence-electron chi connectivity index (χ0n) is 8.70. The van der Waals surface area contributed by atoms with Gasteiger partial charge in [0.05, 0.1) is 6.10 Å². The topological polar surface area (TPSA) is 20.2 Å². The molecule has 0 aliphatic rings. The fourth-order valence-electron chi connectivity index (χ4n) is 1.72. The molecule has 0 bridgehead atoms. The van der Waals surface area contributed by atoms with Crippen molar-refractivity contribution in [1.29, 1.82) is 0 Å². The fraction of sp³-hybridized carbons (Fsp3) is 0.500. The van der Waals surface area contributed by atoms with E-state index in [1.807, 2.05) is 31.2 Å². The molecule has 78 valence electrons. The van der Waals surface area contributed by atoms with Gasteiger partial charge in [0.25, 0.3) is 0 Å². The van der Waals surface area contributed by atoms with Gasteiger partial charge in [0.15, 0.2) is 0 Å². The second-order valence-corrected chi connectivity index (χ2v) is 3.98. The molecular formula is C12H17ClO. The first-order valence-corrected chi connectivity index (χ1v) is 5.50. The van der Waals surface area contributed by atoms with Gasteiger partial charge in [-0.25, -0.2) is 0 Å². The van der Waals surface area contributed by atoms with Gasteiger partial charge in [0.2, 0.25) is 0 Å². The molecule has 0 saturated carbocycles. The minimum Gasteiger partial charge on any atom is -0.393 e. The maximum absolute atomic E-state index is 9.81. The van der Waals surface area contributed by atoms with E-state index in [0.29, 0.717) is 0 Å². The lowest BCUT2D eigenvalue weighted by Crippen LogP contribution is -2.16. The van der Waals surface area contributed by atoms with Gasteiger partial charge in [-0.1, -0.05) is 37.6 Å². The summed E-state index contributed by atoms with van der Waals surface area (Å²) in [5.74, 6) is 0.234. The summed E-state index contributed by atoms with van der Waals surface area (Å²) in [5, 5.41) is 10.6. The highest BCUT2D eigenvalue weighted by Gasteiger charge is 2.17. The molecule has 2 atom stereocenters. The molecule has 0 spiro atoms. The highest BCUT2D eigenvalue weighted by atomic mass is 35.5. The molecule has 2 unspecified atom stereocenters. The lowest BCUT2D eigenvalue weighted by atomic mass is 9.90. The molecular weight excluding hydrogens is 196 g/mol. The van der Waals surface area contributed by atoms with E-state index in [0.717, 1.165) is 17.9 Å². The lowest BCUT2D eigenvalue weighted by Gasteiger charge is -2.20. The molecule has 0 aliphatic heterocycles. The highest BCUT2D eigenvalue weighted by Crippen LogP contribution is 2.26. The number of aliphatic hydroxyl groups is 1. The third kappa shape index (κ3) is 2.73. The van der Waals surface area contributed by atoms with Gasteiger partial charge < -0.3 is 5.11 Å². The van der Waals surface area contributed by atoms with Crippen molar-refractivity contribution in [2.45, 2.75) is 38.7 Å². The van der Waals surface area contributed by atoms with Gasteiger partial charge >= 0.3 is 0 Å². The number of aliphatic hydroxyl groups excluding tert-OH is 1. The minimum absolute atomic E-state index is 0.234. The fourth-order valence-corrected chi connectivity index (χ4v) is 1.85. The smallest absolute Gasteiger partial charge is 0.0606 e. The van der Waals surface area contributed by atoms with Gasteiger partial charge in [0, 0.05) is 10.9 Å². The van der Waals surface area contributed by atoms with Crippen LogP contribution < -0.4 is 0 Å². The average molecular weight is 213 g/mol. The van der Waals surface area contributed by atoms with Crippen LogP contribution in [0.4, 0.5) is 0 Å². The Balaban J connectivity index is 2.84. The van der Waals surface area contributed by atoms with Crippen molar-refractivity contribution in [2.75, 3.05) is 0 Å². The second-order valence-electron chi connectivity index (χ2n) is 3.54. The number of hydrogen-bond acceptors (Lipinski definition) is 1. The van der Waals surface area contributed by atoms with Gasteiger partial charge in [-0.2, -0.15) is 0 Å². The van der Waals surface area contributed by atoms with Crippen LogP contribution in [0.2, 0.25) is 5.02 Å². The summed E-state index contributed by atoms with van der Waals surface area (Å²) >= 11 is 5.81. The van der Waals surface area contributed by atoms with Crippen molar-refractivity contribution < 1.29 is 5.11 Å². The van der Waals surface area contributed by atoms with Crippen LogP contribution in [0, 0.1) is 0 Å². The predicted octanol–water partition coefficient (Wildman–Crippen LogP) is 3.60. The number of hydrogen-bond donors (Lipinski definition) is 1. The first-order valence-electron chi connectivity index (χ1n) is 5.12. The molecule has 1 aromatic rings. The van der Waals surface area contributed by atoms with Crippen LogP contribution in [0.1, 0.15) is 38.2 Å². The van der Waals surface area contributed by atoms with Crippen LogP contribution in [-0.2, 0) is 0 Å². The Kier molecular flexibility index (Phi) is 4.43. The van der Waals surface area contributed by atoms with E-state index in [1.165, 1.54) is 5.56 Å². The lowest BCUT2D eigenvalue weighted by molar-refractivity contribution is 0.136. The number of halogens is 1. The Labute approximate surface area is 90.7 Å². The zero-order valence-corrected chi connectivity index (χ0v) is 9.46. The highest BCUT2D eigenvalue weighted by molar-refractivity contribution is 6.30. The van der Waals surface area contributed by atoms with E-state index in [-0.39, 0.29) is 12.0 Å². The summed E-state index contributed by atoms with van der Waals surface area (Å²) in [6.45, 7) is 4.10. The van der Waals surface area contributed by atoms with Crippen molar-refractivity contribution in [3.8, 4) is 0 Å². The minimum atomic E-state index is -0.249. The molecule has 2 heteroatoms. The molecule has 0 heterocycles. The summed E-state index contributed by atoms with van der Waals surface area (Å²) in [5.41, 5.74) is 1.17. The van der Waals surface area contributed by atoms with Gasteiger partial charge in [-0.05, 0) is 30.5 Å². The molecule has 0 amide bonds. The van der Waals surface area contributed by atoms with Crippen LogP contribution in [-0.4, -0.2) is 11.2 Å². The average Bonchev–Trinajstić information content (AvgIpc) is 2.21. The van der Waals surface area contributed by atoms with Gasteiger partial charge in [-0.3, -0.25) is 0 Å². The molecule has 1 N–H and O–H groups in total. The SMILES string of the molecule is CCC(O)C(CC)c1ccc(Cl)cc1. The van der Waals surface area contributed by atoms with Gasteiger partial charge in [-0.15, -0.1) is 0 Å². The van der Waals surface area contributed by atoms with Crippen LogP contribution in [0.25, 0.3) is 0 Å². The molecule has 0 saturated heterocycles. The molecule has 0 aromatic heterocycles. The molecule has 0 fully saturated rings. The van der Waals surface area contributed by atoms with Crippen molar-refractivity contribution >= 4 is 11.6 Å². The summed E-state index contributed by atoms with van der Waals surface area (Å²) in [7, 11) is 0. The van der Waals surface area contributed by atoms with E-state index in [4.69, 9.17) is 11.6 Å². The largest absolute Gasteiger partial charge is 0.393 e. The zero-order chi connectivity index (χ0) is 10.6.